The van der Waals surface area contributed by atoms with Gasteiger partial charge < -0.3 is 15.2 Å². The smallest absolute Gasteiger partial charge is 0.308 e. The van der Waals surface area contributed by atoms with Crippen LogP contribution in [-0.4, -0.2) is 26.9 Å². The molecule has 2 aromatic rings. The molecule has 0 aliphatic heterocycles. The van der Waals surface area contributed by atoms with Gasteiger partial charge in [-0.05, 0) is 61.2 Å². The highest BCUT2D eigenvalue weighted by molar-refractivity contribution is 7.94. The predicted molar refractivity (Wildman–Crippen MR) is 114 cm³/mol. The van der Waals surface area contributed by atoms with E-state index in [4.69, 9.17) is 15.2 Å². The summed E-state index contributed by atoms with van der Waals surface area (Å²) in [6, 6.07) is 11.3. The van der Waals surface area contributed by atoms with E-state index in [0.717, 1.165) is 23.8 Å². The zero-order valence-corrected chi connectivity index (χ0v) is 17.8. The van der Waals surface area contributed by atoms with Crippen molar-refractivity contribution in [2.75, 3.05) is 6.54 Å². The number of hydrogen-bond acceptors (Lipinski definition) is 7. The van der Waals surface area contributed by atoms with Crippen molar-refractivity contribution in [3.63, 3.8) is 0 Å². The van der Waals surface area contributed by atoms with E-state index < -0.39 is 21.8 Å². The number of sulfone groups is 1. The largest absolute Gasteiger partial charge is 0.423 e. The van der Waals surface area contributed by atoms with Gasteiger partial charge >= 0.3 is 11.9 Å². The third kappa shape index (κ3) is 6.82. The number of aryl methyl sites for hydroxylation is 1. The van der Waals surface area contributed by atoms with E-state index in [0.29, 0.717) is 18.5 Å². The Hall–Kier alpha value is -2.97. The molecule has 160 valence electrons. The van der Waals surface area contributed by atoms with Gasteiger partial charge in [-0.25, -0.2) is 8.42 Å². The molecule has 0 fully saturated rings. The lowest BCUT2D eigenvalue weighted by atomic mass is 10.1. The summed E-state index contributed by atoms with van der Waals surface area (Å²) >= 11 is 0. The molecular weight excluding hydrogens is 406 g/mol. The number of rotatable bonds is 9. The van der Waals surface area contributed by atoms with Gasteiger partial charge in [0.1, 0.15) is 0 Å². The molecule has 0 saturated carbocycles. The molecule has 0 aliphatic carbocycles. The standard InChI is InChI=1S/C22H25NO6S/c1-16(24)28-20-11-10-18(15-21(20)29-17(2)25)12-14-30(26,27)22-9-4-3-7-19(22)8-5-6-13-23/h3-4,7,9-12,14-15H,5-6,8,13,23H2,1-2H3/b14-12+. The number of esters is 2. The second-order valence-electron chi connectivity index (χ2n) is 6.59. The van der Waals surface area contributed by atoms with E-state index in [1.54, 1.807) is 30.3 Å². The predicted octanol–water partition coefficient (Wildman–Crippen LogP) is 3.26. The second kappa shape index (κ2) is 10.7. The van der Waals surface area contributed by atoms with Gasteiger partial charge in [0.25, 0.3) is 0 Å². The Labute approximate surface area is 176 Å². The quantitative estimate of drug-likeness (QED) is 0.368. The molecule has 8 heteroatoms. The fraction of sp³-hybridized carbons (Fsp3) is 0.273. The molecule has 0 amide bonds. The number of nitrogens with two attached hydrogens (primary N) is 1. The Morgan fingerprint density at radius 3 is 2.30 bits per heavy atom. The Morgan fingerprint density at radius 1 is 0.967 bits per heavy atom. The van der Waals surface area contributed by atoms with Crippen LogP contribution in [0.15, 0.2) is 52.8 Å². The lowest BCUT2D eigenvalue weighted by Gasteiger charge is -2.10. The van der Waals surface area contributed by atoms with Crippen LogP contribution < -0.4 is 15.2 Å². The summed E-state index contributed by atoms with van der Waals surface area (Å²) < 4.78 is 35.8. The van der Waals surface area contributed by atoms with Gasteiger partial charge in [0.15, 0.2) is 21.3 Å². The topological polar surface area (TPSA) is 113 Å². The third-order valence-electron chi connectivity index (χ3n) is 4.09. The maximum Gasteiger partial charge on any atom is 0.308 e. The molecule has 0 aliphatic rings. The van der Waals surface area contributed by atoms with E-state index in [9.17, 15) is 18.0 Å². The van der Waals surface area contributed by atoms with E-state index in [1.807, 2.05) is 0 Å². The fourth-order valence-electron chi connectivity index (χ4n) is 2.79. The average Bonchev–Trinajstić information content (AvgIpc) is 2.68. The van der Waals surface area contributed by atoms with Gasteiger partial charge in [-0.3, -0.25) is 9.59 Å². The zero-order chi connectivity index (χ0) is 22.1. The van der Waals surface area contributed by atoms with E-state index >= 15 is 0 Å². The van der Waals surface area contributed by atoms with Crippen molar-refractivity contribution in [1.29, 1.82) is 0 Å². The highest BCUT2D eigenvalue weighted by Gasteiger charge is 2.16. The third-order valence-corrected chi connectivity index (χ3v) is 5.60. The van der Waals surface area contributed by atoms with Crippen LogP contribution in [0.5, 0.6) is 11.5 Å². The van der Waals surface area contributed by atoms with Crippen molar-refractivity contribution in [2.45, 2.75) is 38.0 Å². The molecule has 0 saturated heterocycles. The van der Waals surface area contributed by atoms with Gasteiger partial charge in [-0.15, -0.1) is 0 Å². The van der Waals surface area contributed by atoms with Crippen molar-refractivity contribution >= 4 is 27.9 Å². The molecule has 30 heavy (non-hydrogen) atoms. The summed E-state index contributed by atoms with van der Waals surface area (Å²) in [5.74, 6) is -1.06. The van der Waals surface area contributed by atoms with E-state index in [2.05, 4.69) is 0 Å². The minimum atomic E-state index is -3.70. The summed E-state index contributed by atoms with van der Waals surface area (Å²) in [5.41, 5.74) is 6.72. The zero-order valence-electron chi connectivity index (χ0n) is 17.0. The van der Waals surface area contributed by atoms with Crippen molar-refractivity contribution < 1.29 is 27.5 Å². The first kappa shape index (κ1) is 23.3. The number of ether oxygens (including phenoxy) is 2. The molecule has 0 aromatic heterocycles. The fourth-order valence-corrected chi connectivity index (χ4v) is 4.08. The summed E-state index contributed by atoms with van der Waals surface area (Å²) in [6.07, 6.45) is 3.64. The minimum absolute atomic E-state index is 0.0273. The Kier molecular flexibility index (Phi) is 8.32. The maximum atomic E-state index is 12.9. The molecule has 0 unspecified atom stereocenters. The maximum absolute atomic E-state index is 12.9. The van der Waals surface area contributed by atoms with Crippen LogP contribution >= 0.6 is 0 Å². The van der Waals surface area contributed by atoms with E-state index in [-0.39, 0.29) is 16.4 Å². The molecule has 0 bridgehead atoms. The van der Waals surface area contributed by atoms with Gasteiger partial charge in [0.2, 0.25) is 0 Å². The van der Waals surface area contributed by atoms with Gasteiger partial charge in [0, 0.05) is 19.3 Å². The average molecular weight is 432 g/mol. The molecule has 7 nitrogen and oxygen atoms in total. The molecule has 0 heterocycles. The first-order valence-corrected chi connectivity index (χ1v) is 11.0. The van der Waals surface area contributed by atoms with Crippen molar-refractivity contribution in [3.05, 3.63) is 59.0 Å². The Bertz CT molecular complexity index is 1040. The lowest BCUT2D eigenvalue weighted by Crippen LogP contribution is -2.07. The number of benzene rings is 2. The summed E-state index contributed by atoms with van der Waals surface area (Å²) in [7, 11) is -3.70. The monoisotopic (exact) mass is 431 g/mol. The van der Waals surface area contributed by atoms with Gasteiger partial charge in [-0.2, -0.15) is 0 Å². The van der Waals surface area contributed by atoms with Crippen LogP contribution in [-0.2, 0) is 25.8 Å². The van der Waals surface area contributed by atoms with E-state index in [1.165, 1.54) is 32.1 Å². The molecule has 0 atom stereocenters. The Morgan fingerprint density at radius 2 is 1.63 bits per heavy atom. The molecule has 2 N–H and O–H groups in total. The highest BCUT2D eigenvalue weighted by Crippen LogP contribution is 2.30. The molecule has 2 rings (SSSR count). The second-order valence-corrected chi connectivity index (χ2v) is 8.40. The van der Waals surface area contributed by atoms with Crippen molar-refractivity contribution in [1.82, 2.24) is 0 Å². The lowest BCUT2D eigenvalue weighted by molar-refractivity contribution is -0.134. The van der Waals surface area contributed by atoms with Crippen LogP contribution in [0.3, 0.4) is 0 Å². The molecule has 2 aromatic carbocycles. The number of carbonyl (C=O) groups is 2. The SMILES string of the molecule is CC(=O)Oc1ccc(/C=C/S(=O)(=O)c2ccccc2CCCCN)cc1OC(C)=O. The van der Waals surface area contributed by atoms with Crippen LogP contribution in [0.1, 0.15) is 37.8 Å². The van der Waals surface area contributed by atoms with Crippen LogP contribution in [0, 0.1) is 0 Å². The normalized spacial score (nSPS) is 11.4. The molecule has 0 spiro atoms. The summed E-state index contributed by atoms with van der Waals surface area (Å²) in [4.78, 5) is 22.8. The highest BCUT2D eigenvalue weighted by atomic mass is 32.2. The van der Waals surface area contributed by atoms with Gasteiger partial charge in [-0.1, -0.05) is 24.3 Å². The summed E-state index contributed by atoms with van der Waals surface area (Å²) in [6.45, 7) is 3.00. The van der Waals surface area contributed by atoms with Crippen molar-refractivity contribution in [2.24, 2.45) is 5.73 Å². The van der Waals surface area contributed by atoms with Crippen molar-refractivity contribution in [3.8, 4) is 11.5 Å². The number of unbranched alkanes of at least 4 members (excludes halogenated alkanes) is 1. The first-order valence-electron chi connectivity index (χ1n) is 9.45. The summed E-state index contributed by atoms with van der Waals surface area (Å²) in [5, 5.41) is 1.10. The van der Waals surface area contributed by atoms with Crippen LogP contribution in [0.2, 0.25) is 0 Å². The number of hydrogen-bond donors (Lipinski definition) is 1. The first-order chi connectivity index (χ1) is 14.2. The minimum Gasteiger partial charge on any atom is -0.423 e. The molecule has 0 radical (unpaired) electrons. The van der Waals surface area contributed by atoms with Crippen LogP contribution in [0.4, 0.5) is 0 Å². The number of carbonyl (C=O) groups excluding carboxylic acids is 2. The van der Waals surface area contributed by atoms with Gasteiger partial charge in [0.05, 0.1) is 4.90 Å². The Balaban J connectivity index is 2.32. The van der Waals surface area contributed by atoms with Crippen LogP contribution in [0.25, 0.3) is 6.08 Å². The molecular formula is C22H25NO6S.